The average molecular weight is 291 g/mol. The standard InChI is InChI=1S/C18H29NO2/c1-4-21-18-13-16(8-9-17(18)20-3)12-15(2)14-19-10-6-5-7-11-19/h8-9,13,15H,4-7,10-12,14H2,1-3H3. The number of hydrogen-bond donors (Lipinski definition) is 0. The van der Waals surface area contributed by atoms with Crippen LogP contribution in [0.4, 0.5) is 0 Å². The van der Waals surface area contributed by atoms with Gasteiger partial charge in [0.15, 0.2) is 11.5 Å². The Morgan fingerprint density at radius 1 is 1.14 bits per heavy atom. The van der Waals surface area contributed by atoms with Crippen molar-refractivity contribution in [2.45, 2.75) is 39.5 Å². The summed E-state index contributed by atoms with van der Waals surface area (Å²) >= 11 is 0. The van der Waals surface area contributed by atoms with Gasteiger partial charge >= 0.3 is 0 Å². The van der Waals surface area contributed by atoms with Crippen molar-refractivity contribution < 1.29 is 9.47 Å². The molecule has 3 nitrogen and oxygen atoms in total. The highest BCUT2D eigenvalue weighted by Gasteiger charge is 2.14. The molecule has 1 heterocycles. The number of ether oxygens (including phenoxy) is 2. The van der Waals surface area contributed by atoms with Crippen molar-refractivity contribution in [1.82, 2.24) is 4.90 Å². The second-order valence-electron chi connectivity index (χ2n) is 6.09. The lowest BCUT2D eigenvalue weighted by atomic mass is 9.99. The Hall–Kier alpha value is -1.22. The lowest BCUT2D eigenvalue weighted by molar-refractivity contribution is 0.200. The normalized spacial score (nSPS) is 17.5. The minimum atomic E-state index is 0.670. The minimum absolute atomic E-state index is 0.670. The van der Waals surface area contributed by atoms with E-state index in [1.165, 1.54) is 44.5 Å². The number of rotatable bonds is 7. The van der Waals surface area contributed by atoms with E-state index < -0.39 is 0 Å². The van der Waals surface area contributed by atoms with Gasteiger partial charge in [-0.2, -0.15) is 0 Å². The van der Waals surface area contributed by atoms with Gasteiger partial charge in [-0.1, -0.05) is 19.4 Å². The molecule has 1 fully saturated rings. The molecule has 0 bridgehead atoms. The summed E-state index contributed by atoms with van der Waals surface area (Å²) < 4.78 is 11.0. The van der Waals surface area contributed by atoms with Crippen LogP contribution < -0.4 is 9.47 Å². The van der Waals surface area contributed by atoms with Crippen LogP contribution in [0.1, 0.15) is 38.7 Å². The quantitative estimate of drug-likeness (QED) is 0.763. The Balaban J connectivity index is 1.93. The molecule has 0 aliphatic carbocycles. The third-order valence-corrected chi connectivity index (χ3v) is 4.13. The van der Waals surface area contributed by atoms with Crippen molar-refractivity contribution in [1.29, 1.82) is 0 Å². The zero-order chi connectivity index (χ0) is 15.1. The molecule has 0 N–H and O–H groups in total. The van der Waals surface area contributed by atoms with Gasteiger partial charge in [-0.05, 0) is 62.9 Å². The highest BCUT2D eigenvalue weighted by molar-refractivity contribution is 5.43. The molecule has 21 heavy (non-hydrogen) atoms. The maximum absolute atomic E-state index is 5.66. The minimum Gasteiger partial charge on any atom is -0.493 e. The summed E-state index contributed by atoms with van der Waals surface area (Å²) in [6, 6.07) is 6.32. The van der Waals surface area contributed by atoms with Gasteiger partial charge < -0.3 is 14.4 Å². The van der Waals surface area contributed by atoms with Crippen molar-refractivity contribution in [3.05, 3.63) is 23.8 Å². The van der Waals surface area contributed by atoms with Crippen molar-refractivity contribution in [3.8, 4) is 11.5 Å². The van der Waals surface area contributed by atoms with Crippen LogP contribution in [0, 0.1) is 5.92 Å². The van der Waals surface area contributed by atoms with Crippen LogP contribution in [0.25, 0.3) is 0 Å². The van der Waals surface area contributed by atoms with Crippen LogP contribution in [-0.4, -0.2) is 38.3 Å². The largest absolute Gasteiger partial charge is 0.493 e. The van der Waals surface area contributed by atoms with Crippen LogP contribution in [0.2, 0.25) is 0 Å². The smallest absolute Gasteiger partial charge is 0.161 e. The lowest BCUT2D eigenvalue weighted by Gasteiger charge is -2.29. The fourth-order valence-electron chi connectivity index (χ4n) is 3.17. The maximum atomic E-state index is 5.66. The van der Waals surface area contributed by atoms with E-state index in [1.54, 1.807) is 7.11 Å². The molecule has 1 aliphatic rings. The molecular formula is C18H29NO2. The van der Waals surface area contributed by atoms with Gasteiger partial charge in [0.2, 0.25) is 0 Å². The van der Waals surface area contributed by atoms with E-state index in [2.05, 4.69) is 24.0 Å². The molecule has 0 amide bonds. The van der Waals surface area contributed by atoms with Gasteiger partial charge in [0.25, 0.3) is 0 Å². The summed E-state index contributed by atoms with van der Waals surface area (Å²) in [5.74, 6) is 2.36. The highest BCUT2D eigenvalue weighted by Crippen LogP contribution is 2.29. The monoisotopic (exact) mass is 291 g/mol. The Morgan fingerprint density at radius 2 is 1.90 bits per heavy atom. The third-order valence-electron chi connectivity index (χ3n) is 4.13. The first-order valence-corrected chi connectivity index (χ1v) is 8.25. The summed E-state index contributed by atoms with van der Waals surface area (Å²) in [5, 5.41) is 0. The van der Waals surface area contributed by atoms with Crippen molar-refractivity contribution in [2.75, 3.05) is 33.4 Å². The number of hydrogen-bond acceptors (Lipinski definition) is 3. The zero-order valence-corrected chi connectivity index (χ0v) is 13.7. The van der Waals surface area contributed by atoms with Gasteiger partial charge in [0.05, 0.1) is 13.7 Å². The molecule has 118 valence electrons. The Labute approximate surface area is 129 Å². The summed E-state index contributed by atoms with van der Waals surface area (Å²) in [6.07, 6.45) is 5.23. The van der Waals surface area contributed by atoms with E-state index >= 15 is 0 Å². The Bertz CT molecular complexity index is 427. The SMILES string of the molecule is CCOc1cc(CC(C)CN2CCCCC2)ccc1OC. The first kappa shape index (κ1) is 16.2. The molecule has 0 spiro atoms. The number of methoxy groups -OCH3 is 1. The molecule has 3 heteroatoms. The predicted octanol–water partition coefficient (Wildman–Crippen LogP) is 3.76. The van der Waals surface area contributed by atoms with E-state index in [0.717, 1.165) is 17.9 Å². The van der Waals surface area contributed by atoms with E-state index in [0.29, 0.717) is 12.5 Å². The zero-order valence-electron chi connectivity index (χ0n) is 13.7. The van der Waals surface area contributed by atoms with Gasteiger partial charge in [-0.15, -0.1) is 0 Å². The van der Waals surface area contributed by atoms with Gasteiger partial charge in [0, 0.05) is 6.54 Å². The first-order valence-electron chi connectivity index (χ1n) is 8.25. The van der Waals surface area contributed by atoms with Crippen LogP contribution >= 0.6 is 0 Å². The summed E-state index contributed by atoms with van der Waals surface area (Å²) in [5.41, 5.74) is 1.34. The molecular weight excluding hydrogens is 262 g/mol. The molecule has 1 aliphatic heterocycles. The summed E-state index contributed by atoms with van der Waals surface area (Å²) in [7, 11) is 1.69. The number of piperidine rings is 1. The van der Waals surface area contributed by atoms with Crippen LogP contribution in [-0.2, 0) is 6.42 Å². The summed E-state index contributed by atoms with van der Waals surface area (Å²) in [6.45, 7) is 8.78. The van der Waals surface area contributed by atoms with Crippen molar-refractivity contribution in [3.63, 3.8) is 0 Å². The van der Waals surface area contributed by atoms with Gasteiger partial charge in [0.1, 0.15) is 0 Å². The molecule has 1 aromatic rings. The maximum Gasteiger partial charge on any atom is 0.161 e. The molecule has 0 radical (unpaired) electrons. The molecule has 2 rings (SSSR count). The predicted molar refractivity (Wildman–Crippen MR) is 87.3 cm³/mol. The third kappa shape index (κ3) is 4.92. The van der Waals surface area contributed by atoms with E-state index in [9.17, 15) is 0 Å². The number of nitrogens with zero attached hydrogens (tertiary/aromatic N) is 1. The van der Waals surface area contributed by atoms with E-state index in [-0.39, 0.29) is 0 Å². The topological polar surface area (TPSA) is 21.7 Å². The molecule has 1 saturated heterocycles. The number of likely N-dealkylation sites (tertiary alicyclic amines) is 1. The average Bonchev–Trinajstić information content (AvgIpc) is 2.49. The van der Waals surface area contributed by atoms with E-state index in [4.69, 9.17) is 9.47 Å². The lowest BCUT2D eigenvalue weighted by Crippen LogP contribution is -2.34. The fourth-order valence-corrected chi connectivity index (χ4v) is 3.17. The Morgan fingerprint density at radius 3 is 2.57 bits per heavy atom. The van der Waals surface area contributed by atoms with Crippen LogP contribution in [0.3, 0.4) is 0 Å². The molecule has 0 aromatic heterocycles. The number of benzene rings is 1. The summed E-state index contributed by atoms with van der Waals surface area (Å²) in [4.78, 5) is 2.61. The molecule has 1 aromatic carbocycles. The second kappa shape index (κ2) is 8.28. The fraction of sp³-hybridized carbons (Fsp3) is 0.667. The molecule has 0 saturated carbocycles. The molecule has 1 unspecified atom stereocenters. The van der Waals surface area contributed by atoms with Gasteiger partial charge in [-0.3, -0.25) is 0 Å². The second-order valence-corrected chi connectivity index (χ2v) is 6.09. The van der Waals surface area contributed by atoms with Crippen molar-refractivity contribution >= 4 is 0 Å². The highest BCUT2D eigenvalue weighted by atomic mass is 16.5. The molecule has 1 atom stereocenters. The van der Waals surface area contributed by atoms with Crippen LogP contribution in [0.5, 0.6) is 11.5 Å². The van der Waals surface area contributed by atoms with Gasteiger partial charge in [-0.25, -0.2) is 0 Å². The van der Waals surface area contributed by atoms with Crippen molar-refractivity contribution in [2.24, 2.45) is 5.92 Å². The van der Waals surface area contributed by atoms with E-state index in [1.807, 2.05) is 13.0 Å². The Kier molecular flexibility index (Phi) is 6.37. The first-order chi connectivity index (χ1) is 10.2. The van der Waals surface area contributed by atoms with Crippen LogP contribution in [0.15, 0.2) is 18.2 Å².